The fraction of sp³-hybridized carbons (Fsp3) is 0.923. The average molecular weight is 274 g/mol. The SMILES string of the molecule is CCOC(=O)CC(O)CN1CCCN(CCO)CC1. The van der Waals surface area contributed by atoms with E-state index in [1.54, 1.807) is 6.92 Å². The van der Waals surface area contributed by atoms with Crippen LogP contribution in [-0.2, 0) is 9.53 Å². The largest absolute Gasteiger partial charge is 0.466 e. The summed E-state index contributed by atoms with van der Waals surface area (Å²) in [6.45, 7) is 7.16. The maximum atomic E-state index is 11.3. The second-order valence-electron chi connectivity index (χ2n) is 4.88. The van der Waals surface area contributed by atoms with Gasteiger partial charge in [-0.15, -0.1) is 0 Å². The molecule has 0 amide bonds. The van der Waals surface area contributed by atoms with Crippen molar-refractivity contribution in [1.29, 1.82) is 0 Å². The summed E-state index contributed by atoms with van der Waals surface area (Å²) in [7, 11) is 0. The molecule has 0 bridgehead atoms. The van der Waals surface area contributed by atoms with Crippen molar-refractivity contribution in [2.24, 2.45) is 0 Å². The van der Waals surface area contributed by atoms with E-state index < -0.39 is 6.10 Å². The van der Waals surface area contributed by atoms with Gasteiger partial charge in [-0.25, -0.2) is 0 Å². The number of aliphatic hydroxyl groups excluding tert-OH is 2. The van der Waals surface area contributed by atoms with Crippen LogP contribution in [0.1, 0.15) is 19.8 Å². The number of carbonyl (C=O) groups excluding carboxylic acids is 1. The fourth-order valence-electron chi connectivity index (χ4n) is 2.35. The van der Waals surface area contributed by atoms with Gasteiger partial charge in [-0.1, -0.05) is 0 Å². The van der Waals surface area contributed by atoms with E-state index in [-0.39, 0.29) is 19.0 Å². The zero-order valence-corrected chi connectivity index (χ0v) is 11.8. The van der Waals surface area contributed by atoms with Crippen molar-refractivity contribution < 1.29 is 19.7 Å². The first-order valence-corrected chi connectivity index (χ1v) is 7.05. The average Bonchev–Trinajstić information content (AvgIpc) is 2.55. The van der Waals surface area contributed by atoms with Gasteiger partial charge in [-0.05, 0) is 26.4 Å². The summed E-state index contributed by atoms with van der Waals surface area (Å²) in [5, 5.41) is 18.8. The molecule has 0 aromatic rings. The van der Waals surface area contributed by atoms with Gasteiger partial charge in [0, 0.05) is 26.2 Å². The molecule has 2 N–H and O–H groups in total. The van der Waals surface area contributed by atoms with Crippen LogP contribution in [0.15, 0.2) is 0 Å². The van der Waals surface area contributed by atoms with Gasteiger partial charge in [-0.2, -0.15) is 0 Å². The summed E-state index contributed by atoms with van der Waals surface area (Å²) < 4.78 is 4.82. The molecule has 6 heteroatoms. The lowest BCUT2D eigenvalue weighted by Gasteiger charge is -2.23. The Morgan fingerprint density at radius 2 is 1.95 bits per heavy atom. The molecule has 19 heavy (non-hydrogen) atoms. The van der Waals surface area contributed by atoms with Crippen molar-refractivity contribution in [3.8, 4) is 0 Å². The molecule has 1 unspecified atom stereocenters. The summed E-state index contributed by atoms with van der Waals surface area (Å²) >= 11 is 0. The Labute approximate surface area is 114 Å². The second kappa shape index (κ2) is 9.25. The van der Waals surface area contributed by atoms with Gasteiger partial charge in [0.05, 0.1) is 25.7 Å². The number of β-amino-alcohol motifs (C(OH)–C–C–N with tert-alkyl or cyclic N) is 2. The van der Waals surface area contributed by atoms with Crippen molar-refractivity contribution >= 4 is 5.97 Å². The molecule has 1 atom stereocenters. The Hall–Kier alpha value is -0.690. The molecule has 112 valence electrons. The van der Waals surface area contributed by atoms with Crippen molar-refractivity contribution in [1.82, 2.24) is 9.80 Å². The topological polar surface area (TPSA) is 73.2 Å². The molecular formula is C13H26N2O4. The monoisotopic (exact) mass is 274 g/mol. The van der Waals surface area contributed by atoms with Gasteiger partial charge < -0.3 is 14.9 Å². The van der Waals surface area contributed by atoms with Gasteiger partial charge in [0.15, 0.2) is 0 Å². The van der Waals surface area contributed by atoms with Crippen LogP contribution in [0.4, 0.5) is 0 Å². The maximum Gasteiger partial charge on any atom is 0.308 e. The minimum Gasteiger partial charge on any atom is -0.466 e. The van der Waals surface area contributed by atoms with Crippen molar-refractivity contribution in [2.45, 2.75) is 25.9 Å². The predicted molar refractivity (Wildman–Crippen MR) is 71.8 cm³/mol. The molecule has 0 spiro atoms. The number of rotatable bonds is 7. The number of aliphatic hydroxyl groups is 2. The second-order valence-corrected chi connectivity index (χ2v) is 4.88. The molecule has 0 aliphatic carbocycles. The van der Waals surface area contributed by atoms with Crippen LogP contribution < -0.4 is 0 Å². The Morgan fingerprint density at radius 1 is 1.26 bits per heavy atom. The fourth-order valence-corrected chi connectivity index (χ4v) is 2.35. The third-order valence-electron chi connectivity index (χ3n) is 3.27. The highest BCUT2D eigenvalue weighted by Gasteiger charge is 2.19. The zero-order valence-electron chi connectivity index (χ0n) is 11.8. The van der Waals surface area contributed by atoms with Crippen LogP contribution in [0.5, 0.6) is 0 Å². The Bertz CT molecular complexity index is 263. The molecule has 1 saturated heterocycles. The lowest BCUT2D eigenvalue weighted by atomic mass is 10.2. The highest BCUT2D eigenvalue weighted by atomic mass is 16.5. The Balaban J connectivity index is 2.26. The third-order valence-corrected chi connectivity index (χ3v) is 3.27. The van der Waals surface area contributed by atoms with E-state index >= 15 is 0 Å². The molecular weight excluding hydrogens is 248 g/mol. The molecule has 1 fully saturated rings. The molecule has 0 saturated carbocycles. The molecule has 1 rings (SSSR count). The first-order chi connectivity index (χ1) is 9.15. The quantitative estimate of drug-likeness (QED) is 0.598. The number of nitrogens with zero attached hydrogens (tertiary/aromatic N) is 2. The van der Waals surface area contributed by atoms with E-state index in [4.69, 9.17) is 9.84 Å². The smallest absolute Gasteiger partial charge is 0.308 e. The van der Waals surface area contributed by atoms with Gasteiger partial charge in [-0.3, -0.25) is 14.6 Å². The van der Waals surface area contributed by atoms with Crippen LogP contribution in [-0.4, -0.2) is 84.6 Å². The van der Waals surface area contributed by atoms with Crippen LogP contribution in [0.2, 0.25) is 0 Å². The molecule has 6 nitrogen and oxygen atoms in total. The van der Waals surface area contributed by atoms with Crippen LogP contribution in [0, 0.1) is 0 Å². The van der Waals surface area contributed by atoms with Crippen molar-refractivity contribution in [2.75, 3.05) is 52.5 Å². The highest BCUT2D eigenvalue weighted by molar-refractivity contribution is 5.69. The van der Waals surface area contributed by atoms with Crippen molar-refractivity contribution in [3.63, 3.8) is 0 Å². The Kier molecular flexibility index (Phi) is 7.97. The van der Waals surface area contributed by atoms with Gasteiger partial charge in [0.25, 0.3) is 0 Å². The van der Waals surface area contributed by atoms with Crippen LogP contribution in [0.3, 0.4) is 0 Å². The van der Waals surface area contributed by atoms with E-state index in [1.807, 2.05) is 0 Å². The normalized spacial score (nSPS) is 19.9. The molecule has 0 aromatic carbocycles. The van der Waals surface area contributed by atoms with Gasteiger partial charge in [0.2, 0.25) is 0 Å². The van der Waals surface area contributed by atoms with Crippen LogP contribution in [0.25, 0.3) is 0 Å². The zero-order chi connectivity index (χ0) is 14.1. The minimum absolute atomic E-state index is 0.0602. The van der Waals surface area contributed by atoms with Crippen LogP contribution >= 0.6 is 0 Å². The molecule has 1 aliphatic heterocycles. The van der Waals surface area contributed by atoms with Crippen molar-refractivity contribution in [3.05, 3.63) is 0 Å². The summed E-state index contributed by atoms with van der Waals surface area (Å²) in [4.78, 5) is 15.7. The standard InChI is InChI=1S/C13H26N2O4/c1-2-19-13(18)10-12(17)11-15-5-3-4-14(6-7-15)8-9-16/h12,16-17H,2-11H2,1H3. The lowest BCUT2D eigenvalue weighted by molar-refractivity contribution is -0.145. The first kappa shape index (κ1) is 16.4. The molecule has 1 heterocycles. The number of esters is 1. The number of hydrogen-bond donors (Lipinski definition) is 2. The van der Waals surface area contributed by atoms with E-state index in [2.05, 4.69) is 9.80 Å². The molecule has 1 aliphatic rings. The van der Waals surface area contributed by atoms with Gasteiger partial charge in [0.1, 0.15) is 0 Å². The summed E-state index contributed by atoms with van der Waals surface area (Å²) in [5.41, 5.74) is 0. The maximum absolute atomic E-state index is 11.3. The molecule has 0 aromatic heterocycles. The predicted octanol–water partition coefficient (Wildman–Crippen LogP) is -0.699. The highest BCUT2D eigenvalue weighted by Crippen LogP contribution is 2.05. The number of hydrogen-bond acceptors (Lipinski definition) is 6. The van der Waals surface area contributed by atoms with E-state index in [1.165, 1.54) is 0 Å². The Morgan fingerprint density at radius 3 is 2.63 bits per heavy atom. The number of ether oxygens (including phenoxy) is 1. The van der Waals surface area contributed by atoms with E-state index in [0.717, 1.165) is 32.6 Å². The van der Waals surface area contributed by atoms with Gasteiger partial charge >= 0.3 is 5.97 Å². The number of carbonyl (C=O) groups is 1. The van der Waals surface area contributed by atoms with E-state index in [9.17, 15) is 9.90 Å². The van der Waals surface area contributed by atoms with E-state index in [0.29, 0.717) is 19.7 Å². The summed E-state index contributed by atoms with van der Waals surface area (Å²) in [5.74, 6) is -0.341. The minimum atomic E-state index is -0.663. The lowest BCUT2D eigenvalue weighted by Crippen LogP contribution is -2.37. The summed E-state index contributed by atoms with van der Waals surface area (Å²) in [6.07, 6.45) is 0.417. The first-order valence-electron chi connectivity index (χ1n) is 7.05. The third kappa shape index (κ3) is 6.87. The molecule has 0 radical (unpaired) electrons. The summed E-state index contributed by atoms with van der Waals surface area (Å²) in [6, 6.07) is 0.